The second-order valence-electron chi connectivity index (χ2n) is 2.79. The Morgan fingerprint density at radius 2 is 1.86 bits per heavy atom. The Kier molecular flexibility index (Phi) is 1.81. The second kappa shape index (κ2) is 2.99. The van der Waals surface area contributed by atoms with Gasteiger partial charge in [-0.3, -0.25) is 0 Å². The number of hydrogen-bond donors (Lipinski definition) is 1. The van der Waals surface area contributed by atoms with Gasteiger partial charge in [0.15, 0.2) is 0 Å². The maximum Gasteiger partial charge on any atom is 0.343 e. The number of carbonyl (C=O) groups is 1. The topological polar surface area (TPSA) is 67.5 Å². The van der Waals surface area contributed by atoms with Gasteiger partial charge >= 0.3 is 11.6 Å². The average molecular weight is 190 g/mol. The number of rotatable bonds is 1. The van der Waals surface area contributed by atoms with Gasteiger partial charge in [0.05, 0.1) is 5.39 Å². The molecule has 0 saturated carbocycles. The summed E-state index contributed by atoms with van der Waals surface area (Å²) in [7, 11) is 0. The van der Waals surface area contributed by atoms with E-state index in [-0.39, 0.29) is 10.9 Å². The molecule has 4 nitrogen and oxygen atoms in total. The van der Waals surface area contributed by atoms with Crippen LogP contribution in [0.4, 0.5) is 0 Å². The molecule has 0 fully saturated rings. The monoisotopic (exact) mass is 190 g/mol. The van der Waals surface area contributed by atoms with Crippen molar-refractivity contribution >= 4 is 16.7 Å². The summed E-state index contributed by atoms with van der Waals surface area (Å²) in [5.41, 5.74) is -0.522. The third-order valence-corrected chi connectivity index (χ3v) is 1.95. The van der Waals surface area contributed by atoms with Crippen LogP contribution in [0, 0.1) is 0 Å². The van der Waals surface area contributed by atoms with Gasteiger partial charge in [0.1, 0.15) is 11.8 Å². The minimum absolute atomic E-state index is 0.000185. The molecule has 0 amide bonds. The van der Waals surface area contributed by atoms with Gasteiger partial charge in [-0.05, 0) is 6.07 Å². The van der Waals surface area contributed by atoms with Gasteiger partial charge in [-0.15, -0.1) is 0 Å². The standard InChI is InChI=1S/C10H6O4/c11-9(12)8-5-14-10(13)7-4-2-1-3-6(7)8/h1-5H,(H,11,12). The van der Waals surface area contributed by atoms with Crippen molar-refractivity contribution in [2.24, 2.45) is 0 Å². The second-order valence-corrected chi connectivity index (χ2v) is 2.79. The summed E-state index contributed by atoms with van der Waals surface area (Å²) in [5, 5.41) is 9.50. The quantitative estimate of drug-likeness (QED) is 0.739. The molecule has 0 aliphatic carbocycles. The van der Waals surface area contributed by atoms with E-state index in [0.29, 0.717) is 5.39 Å². The smallest absolute Gasteiger partial charge is 0.343 e. The highest BCUT2D eigenvalue weighted by molar-refractivity contribution is 6.02. The van der Waals surface area contributed by atoms with E-state index in [1.165, 1.54) is 6.07 Å². The molecular formula is C10H6O4. The van der Waals surface area contributed by atoms with E-state index >= 15 is 0 Å². The Morgan fingerprint density at radius 3 is 2.50 bits per heavy atom. The van der Waals surface area contributed by atoms with Gasteiger partial charge in [-0.25, -0.2) is 9.59 Å². The molecule has 2 rings (SSSR count). The van der Waals surface area contributed by atoms with Crippen LogP contribution in [0.3, 0.4) is 0 Å². The molecule has 70 valence electrons. The Balaban J connectivity index is 2.96. The normalized spacial score (nSPS) is 10.3. The predicted octanol–water partition coefficient (Wildman–Crippen LogP) is 1.49. The first kappa shape index (κ1) is 8.50. The Labute approximate surface area is 78.4 Å². The minimum Gasteiger partial charge on any atom is -0.478 e. The third-order valence-electron chi connectivity index (χ3n) is 1.95. The van der Waals surface area contributed by atoms with E-state index < -0.39 is 11.6 Å². The molecular weight excluding hydrogens is 184 g/mol. The molecule has 0 atom stereocenters. The van der Waals surface area contributed by atoms with Crippen molar-refractivity contribution in [2.75, 3.05) is 0 Å². The average Bonchev–Trinajstić information content (AvgIpc) is 2.18. The zero-order chi connectivity index (χ0) is 10.1. The van der Waals surface area contributed by atoms with Crippen molar-refractivity contribution in [1.29, 1.82) is 0 Å². The van der Waals surface area contributed by atoms with E-state index in [1.54, 1.807) is 18.2 Å². The number of carboxylic acids is 1. The van der Waals surface area contributed by atoms with E-state index in [2.05, 4.69) is 4.42 Å². The van der Waals surface area contributed by atoms with Crippen LogP contribution in [0.25, 0.3) is 10.8 Å². The Hall–Kier alpha value is -2.10. The first-order valence-corrected chi connectivity index (χ1v) is 3.94. The lowest BCUT2D eigenvalue weighted by Crippen LogP contribution is -2.04. The number of benzene rings is 1. The molecule has 2 aromatic rings. The summed E-state index contributed by atoms with van der Waals surface area (Å²) in [6, 6.07) is 6.45. The first-order valence-electron chi connectivity index (χ1n) is 3.94. The van der Waals surface area contributed by atoms with Gasteiger partial charge in [-0.2, -0.15) is 0 Å². The lowest BCUT2D eigenvalue weighted by molar-refractivity contribution is 0.0696. The number of aromatic carboxylic acids is 1. The highest BCUT2D eigenvalue weighted by Crippen LogP contribution is 2.14. The van der Waals surface area contributed by atoms with Crippen molar-refractivity contribution in [3.05, 3.63) is 46.5 Å². The van der Waals surface area contributed by atoms with Crippen molar-refractivity contribution in [3.63, 3.8) is 0 Å². The van der Waals surface area contributed by atoms with Gasteiger partial charge < -0.3 is 9.52 Å². The largest absolute Gasteiger partial charge is 0.478 e. The summed E-state index contributed by atoms with van der Waals surface area (Å²) in [6.45, 7) is 0. The predicted molar refractivity (Wildman–Crippen MR) is 49.4 cm³/mol. The first-order chi connectivity index (χ1) is 6.70. The minimum atomic E-state index is -1.11. The van der Waals surface area contributed by atoms with E-state index in [4.69, 9.17) is 5.11 Å². The van der Waals surface area contributed by atoms with Crippen molar-refractivity contribution < 1.29 is 14.3 Å². The Morgan fingerprint density at radius 1 is 1.21 bits per heavy atom. The van der Waals surface area contributed by atoms with Gasteiger partial charge in [0.2, 0.25) is 0 Å². The van der Waals surface area contributed by atoms with Crippen LogP contribution in [-0.4, -0.2) is 11.1 Å². The van der Waals surface area contributed by atoms with Crippen LogP contribution in [0.1, 0.15) is 10.4 Å². The maximum absolute atomic E-state index is 11.2. The highest BCUT2D eigenvalue weighted by atomic mass is 16.4. The maximum atomic E-state index is 11.2. The van der Waals surface area contributed by atoms with Gasteiger partial charge in [-0.1, -0.05) is 18.2 Å². The van der Waals surface area contributed by atoms with Crippen molar-refractivity contribution in [1.82, 2.24) is 0 Å². The molecule has 14 heavy (non-hydrogen) atoms. The molecule has 0 unspecified atom stereocenters. The summed E-state index contributed by atoms with van der Waals surface area (Å²) < 4.78 is 4.60. The molecule has 1 heterocycles. The molecule has 4 heteroatoms. The highest BCUT2D eigenvalue weighted by Gasteiger charge is 2.10. The lowest BCUT2D eigenvalue weighted by atomic mass is 10.1. The zero-order valence-electron chi connectivity index (χ0n) is 7.06. The van der Waals surface area contributed by atoms with Crippen molar-refractivity contribution in [3.8, 4) is 0 Å². The fourth-order valence-corrected chi connectivity index (χ4v) is 1.30. The summed E-state index contributed by atoms with van der Waals surface area (Å²) in [5.74, 6) is -1.11. The molecule has 1 aromatic carbocycles. The van der Waals surface area contributed by atoms with Gasteiger partial charge in [0.25, 0.3) is 0 Å². The van der Waals surface area contributed by atoms with Crippen LogP contribution >= 0.6 is 0 Å². The summed E-state index contributed by atoms with van der Waals surface area (Å²) in [6.07, 6.45) is 0.965. The molecule has 1 aromatic heterocycles. The van der Waals surface area contributed by atoms with Crippen LogP contribution in [0.5, 0.6) is 0 Å². The van der Waals surface area contributed by atoms with E-state index in [1.807, 2.05) is 0 Å². The summed E-state index contributed by atoms with van der Waals surface area (Å²) in [4.78, 5) is 22.0. The van der Waals surface area contributed by atoms with E-state index in [9.17, 15) is 9.59 Å². The molecule has 1 N–H and O–H groups in total. The zero-order valence-corrected chi connectivity index (χ0v) is 7.06. The van der Waals surface area contributed by atoms with Crippen LogP contribution < -0.4 is 5.63 Å². The SMILES string of the molecule is O=C(O)c1coc(=O)c2ccccc12. The lowest BCUT2D eigenvalue weighted by Gasteiger charge is -1.98. The fraction of sp³-hybridized carbons (Fsp3) is 0. The number of hydrogen-bond acceptors (Lipinski definition) is 3. The number of fused-ring (bicyclic) bond motifs is 1. The molecule has 0 bridgehead atoms. The van der Waals surface area contributed by atoms with Crippen LogP contribution in [-0.2, 0) is 0 Å². The van der Waals surface area contributed by atoms with Gasteiger partial charge in [0, 0.05) is 5.39 Å². The van der Waals surface area contributed by atoms with E-state index in [0.717, 1.165) is 6.26 Å². The molecule has 0 aliphatic rings. The fourth-order valence-electron chi connectivity index (χ4n) is 1.30. The number of carboxylic acid groups (broad SMARTS) is 1. The van der Waals surface area contributed by atoms with Crippen molar-refractivity contribution in [2.45, 2.75) is 0 Å². The molecule has 0 spiro atoms. The van der Waals surface area contributed by atoms with Crippen LogP contribution in [0.2, 0.25) is 0 Å². The van der Waals surface area contributed by atoms with Crippen LogP contribution in [0.15, 0.2) is 39.7 Å². The summed E-state index contributed by atoms with van der Waals surface area (Å²) >= 11 is 0. The third kappa shape index (κ3) is 1.17. The molecule has 0 radical (unpaired) electrons. The Bertz CT molecular complexity index is 553. The molecule has 0 aliphatic heterocycles. The molecule has 0 saturated heterocycles.